The van der Waals surface area contributed by atoms with E-state index in [0.717, 1.165) is 37.3 Å². The third-order valence-corrected chi connectivity index (χ3v) is 6.71. The molecular formula is C21H27N5O3. The van der Waals surface area contributed by atoms with E-state index in [1.54, 1.807) is 4.90 Å². The van der Waals surface area contributed by atoms with Gasteiger partial charge in [-0.05, 0) is 24.0 Å². The first-order valence-electron chi connectivity index (χ1n) is 10.5. The Labute approximate surface area is 170 Å². The summed E-state index contributed by atoms with van der Waals surface area (Å²) in [5, 5.41) is 9.50. The Bertz CT molecular complexity index is 857. The third-order valence-electron chi connectivity index (χ3n) is 6.71. The molecule has 3 saturated heterocycles. The van der Waals surface area contributed by atoms with Crippen molar-refractivity contribution in [3.05, 3.63) is 34.9 Å². The van der Waals surface area contributed by atoms with Gasteiger partial charge in [0.25, 0.3) is 5.91 Å². The summed E-state index contributed by atoms with van der Waals surface area (Å²) in [6, 6.07) is 6.50. The lowest BCUT2D eigenvalue weighted by molar-refractivity contribution is -0.136. The van der Waals surface area contributed by atoms with Crippen LogP contribution in [0.1, 0.15) is 40.7 Å². The molecule has 8 nitrogen and oxygen atoms in total. The van der Waals surface area contributed by atoms with E-state index >= 15 is 0 Å². The highest BCUT2D eigenvalue weighted by molar-refractivity contribution is 6.05. The van der Waals surface area contributed by atoms with Crippen LogP contribution >= 0.6 is 0 Å². The van der Waals surface area contributed by atoms with Crippen molar-refractivity contribution in [3.8, 4) is 0 Å². The van der Waals surface area contributed by atoms with Gasteiger partial charge in [-0.25, -0.2) is 0 Å². The molecule has 4 unspecified atom stereocenters. The van der Waals surface area contributed by atoms with Crippen molar-refractivity contribution >= 4 is 17.7 Å². The third kappa shape index (κ3) is 3.45. The van der Waals surface area contributed by atoms with Gasteiger partial charge >= 0.3 is 0 Å². The Morgan fingerprint density at radius 2 is 2.07 bits per heavy atom. The number of amides is 3. The highest BCUT2D eigenvalue weighted by atomic mass is 16.2. The fourth-order valence-electron chi connectivity index (χ4n) is 5.13. The predicted molar refractivity (Wildman–Crippen MR) is 106 cm³/mol. The van der Waals surface area contributed by atoms with Crippen molar-refractivity contribution in [2.75, 3.05) is 26.2 Å². The van der Waals surface area contributed by atoms with Gasteiger partial charge in [-0.15, -0.1) is 0 Å². The average molecular weight is 397 g/mol. The fourth-order valence-corrected chi connectivity index (χ4v) is 5.13. The molecule has 3 amide bonds. The topological polar surface area (TPSA) is 93.8 Å². The van der Waals surface area contributed by atoms with Crippen LogP contribution in [0.5, 0.6) is 0 Å². The number of carbonyl (C=O) groups is 3. The van der Waals surface area contributed by atoms with Crippen LogP contribution < -0.4 is 16.0 Å². The predicted octanol–water partition coefficient (Wildman–Crippen LogP) is -0.417. The van der Waals surface area contributed by atoms with Crippen molar-refractivity contribution < 1.29 is 14.4 Å². The Morgan fingerprint density at radius 3 is 2.93 bits per heavy atom. The van der Waals surface area contributed by atoms with E-state index in [2.05, 4.69) is 20.9 Å². The monoisotopic (exact) mass is 397 g/mol. The summed E-state index contributed by atoms with van der Waals surface area (Å²) in [6.07, 6.45) is 1.90. The molecule has 1 aromatic carbocycles. The largest absolute Gasteiger partial charge is 0.322 e. The van der Waals surface area contributed by atoms with Crippen LogP contribution in [0.25, 0.3) is 0 Å². The molecule has 0 radical (unpaired) electrons. The minimum Gasteiger partial charge on any atom is -0.322 e. The van der Waals surface area contributed by atoms with Crippen LogP contribution in [0, 0.1) is 0 Å². The molecule has 0 aliphatic carbocycles. The number of piperidine rings is 1. The standard InChI is InChI=1S/C21H27N5O3/c27-18-5-4-17(20(28)24-18)26-11-14-3-1-2-13(19(14)21(26)29)8-22-9-16-10-23-15-6-7-25(16)12-15/h1-3,15-17,22-23H,4-12H2,(H,24,27,28). The van der Waals surface area contributed by atoms with E-state index in [9.17, 15) is 14.4 Å². The molecule has 154 valence electrons. The molecule has 1 aromatic rings. The second-order valence-electron chi connectivity index (χ2n) is 8.52. The van der Waals surface area contributed by atoms with Gasteiger partial charge in [-0.2, -0.15) is 0 Å². The molecule has 0 saturated carbocycles. The summed E-state index contributed by atoms with van der Waals surface area (Å²) < 4.78 is 0. The van der Waals surface area contributed by atoms with Gasteiger partial charge in [-0.3, -0.25) is 24.6 Å². The van der Waals surface area contributed by atoms with Gasteiger partial charge < -0.3 is 15.5 Å². The average Bonchev–Trinajstić information content (AvgIpc) is 3.25. The van der Waals surface area contributed by atoms with Crippen LogP contribution in [0.2, 0.25) is 0 Å². The normalized spacial score (nSPS) is 31.2. The minimum atomic E-state index is -0.565. The fraction of sp³-hybridized carbons (Fsp3) is 0.571. The SMILES string of the molecule is O=C1CCC(N2Cc3cccc(CNCC4CNC5CCN4C5)c3C2=O)C(=O)N1. The number of hydrogen-bond acceptors (Lipinski definition) is 6. The molecule has 3 fully saturated rings. The molecular weight excluding hydrogens is 370 g/mol. The first kappa shape index (κ1) is 18.7. The lowest BCUT2D eigenvalue weighted by Gasteiger charge is -2.33. The molecule has 4 atom stereocenters. The molecule has 0 aromatic heterocycles. The van der Waals surface area contributed by atoms with E-state index in [4.69, 9.17) is 0 Å². The quantitative estimate of drug-likeness (QED) is 0.585. The van der Waals surface area contributed by atoms with Gasteiger partial charge in [0.1, 0.15) is 6.04 Å². The van der Waals surface area contributed by atoms with Crippen molar-refractivity contribution in [1.82, 2.24) is 25.8 Å². The molecule has 3 N–H and O–H groups in total. The molecule has 29 heavy (non-hydrogen) atoms. The van der Waals surface area contributed by atoms with E-state index in [-0.39, 0.29) is 24.1 Å². The minimum absolute atomic E-state index is 0.103. The molecule has 4 aliphatic heterocycles. The zero-order valence-corrected chi connectivity index (χ0v) is 16.4. The summed E-state index contributed by atoms with van der Waals surface area (Å²) in [4.78, 5) is 41.0. The first-order chi connectivity index (χ1) is 14.1. The van der Waals surface area contributed by atoms with Gasteiger partial charge in [0, 0.05) is 63.3 Å². The maximum atomic E-state index is 13.1. The van der Waals surface area contributed by atoms with Crippen LogP contribution in [0.4, 0.5) is 0 Å². The van der Waals surface area contributed by atoms with Crippen molar-refractivity contribution in [2.45, 2.75) is 50.5 Å². The van der Waals surface area contributed by atoms with Crippen molar-refractivity contribution in [3.63, 3.8) is 0 Å². The van der Waals surface area contributed by atoms with E-state index < -0.39 is 6.04 Å². The smallest absolute Gasteiger partial charge is 0.255 e. The van der Waals surface area contributed by atoms with E-state index in [0.29, 0.717) is 37.2 Å². The van der Waals surface area contributed by atoms with Gasteiger partial charge in [-0.1, -0.05) is 18.2 Å². The highest BCUT2D eigenvalue weighted by Gasteiger charge is 2.40. The Balaban J connectivity index is 1.25. The molecule has 0 spiro atoms. The van der Waals surface area contributed by atoms with Crippen LogP contribution in [-0.4, -0.2) is 71.8 Å². The van der Waals surface area contributed by atoms with E-state index in [1.165, 1.54) is 6.42 Å². The number of piperazine rings is 1. The summed E-state index contributed by atoms with van der Waals surface area (Å²) in [7, 11) is 0. The number of carbonyl (C=O) groups excluding carboxylic acids is 3. The number of hydrogen-bond donors (Lipinski definition) is 3. The number of benzene rings is 1. The maximum absolute atomic E-state index is 13.1. The van der Waals surface area contributed by atoms with Gasteiger partial charge in [0.05, 0.1) is 0 Å². The molecule has 4 heterocycles. The first-order valence-corrected chi connectivity index (χ1v) is 10.5. The second kappa shape index (κ2) is 7.51. The number of nitrogens with zero attached hydrogens (tertiary/aromatic N) is 2. The van der Waals surface area contributed by atoms with Crippen molar-refractivity contribution in [1.29, 1.82) is 0 Å². The van der Waals surface area contributed by atoms with Crippen molar-refractivity contribution in [2.24, 2.45) is 0 Å². The summed E-state index contributed by atoms with van der Waals surface area (Å²) in [5.41, 5.74) is 2.65. The molecule has 2 bridgehead atoms. The zero-order valence-electron chi connectivity index (χ0n) is 16.4. The second-order valence-corrected chi connectivity index (χ2v) is 8.52. The lowest BCUT2D eigenvalue weighted by Crippen LogP contribution is -2.53. The van der Waals surface area contributed by atoms with Crippen LogP contribution in [0.3, 0.4) is 0 Å². The highest BCUT2D eigenvalue weighted by Crippen LogP contribution is 2.29. The molecule has 4 aliphatic rings. The number of rotatable bonds is 5. The van der Waals surface area contributed by atoms with Crippen LogP contribution in [-0.2, 0) is 22.7 Å². The zero-order chi connectivity index (χ0) is 20.0. The Morgan fingerprint density at radius 1 is 1.17 bits per heavy atom. The van der Waals surface area contributed by atoms with Crippen LogP contribution in [0.15, 0.2) is 18.2 Å². The number of nitrogens with one attached hydrogen (secondary N) is 3. The summed E-state index contributed by atoms with van der Waals surface area (Å²) in [5.74, 6) is -0.730. The van der Waals surface area contributed by atoms with Gasteiger partial charge in [0.15, 0.2) is 0 Å². The van der Waals surface area contributed by atoms with E-state index in [1.807, 2.05) is 18.2 Å². The lowest BCUT2D eigenvalue weighted by atomic mass is 10.0. The Hall–Kier alpha value is -2.29. The summed E-state index contributed by atoms with van der Waals surface area (Å²) in [6.45, 7) is 5.24. The summed E-state index contributed by atoms with van der Waals surface area (Å²) >= 11 is 0. The molecule has 5 rings (SSSR count). The molecule has 8 heteroatoms. The van der Waals surface area contributed by atoms with Gasteiger partial charge in [0.2, 0.25) is 11.8 Å². The maximum Gasteiger partial charge on any atom is 0.255 e. The number of imide groups is 1. The Kier molecular flexibility index (Phi) is 4.85. The number of fused-ring (bicyclic) bond motifs is 3.